The Hall–Kier alpha value is -0.770. The van der Waals surface area contributed by atoms with Gasteiger partial charge in [0.2, 0.25) is 0 Å². The van der Waals surface area contributed by atoms with Crippen LogP contribution >= 0.6 is 11.6 Å². The van der Waals surface area contributed by atoms with Gasteiger partial charge in [0.05, 0.1) is 17.2 Å². The first kappa shape index (κ1) is 10.3. The van der Waals surface area contributed by atoms with Crippen LogP contribution in [0.4, 0.5) is 0 Å². The van der Waals surface area contributed by atoms with Gasteiger partial charge in [0, 0.05) is 5.56 Å². The third-order valence-corrected chi connectivity index (χ3v) is 2.20. The summed E-state index contributed by atoms with van der Waals surface area (Å²) in [5.74, 6) is -0.0578. The summed E-state index contributed by atoms with van der Waals surface area (Å²) in [6.07, 6.45) is -0.718. The van der Waals surface area contributed by atoms with Crippen LogP contribution in [0.5, 0.6) is 5.75 Å². The van der Waals surface area contributed by atoms with Gasteiger partial charge in [-0.1, -0.05) is 23.7 Å². The van der Waals surface area contributed by atoms with Gasteiger partial charge in [-0.2, -0.15) is 0 Å². The quantitative estimate of drug-likeness (QED) is 0.678. The largest absolute Gasteiger partial charge is 0.506 e. The molecule has 0 amide bonds. The van der Waals surface area contributed by atoms with Gasteiger partial charge in [0.25, 0.3) is 0 Å². The zero-order valence-electron chi connectivity index (χ0n) is 7.24. The molecule has 4 N–H and O–H groups in total. The lowest BCUT2D eigenvalue weighted by atomic mass is 10.0. The lowest BCUT2D eigenvalue weighted by molar-refractivity contribution is 0.163. The molecule has 3 nitrogen and oxygen atoms in total. The average molecular weight is 202 g/mol. The number of nitrogens with two attached hydrogens (primary N) is 1. The van der Waals surface area contributed by atoms with E-state index < -0.39 is 12.1 Å². The molecular formula is C9H12ClNO2. The molecular weight excluding hydrogens is 190 g/mol. The monoisotopic (exact) mass is 201 g/mol. The summed E-state index contributed by atoms with van der Waals surface area (Å²) in [6, 6.07) is 4.27. The van der Waals surface area contributed by atoms with Crippen LogP contribution < -0.4 is 5.73 Å². The second kappa shape index (κ2) is 3.96. The van der Waals surface area contributed by atoms with E-state index in [2.05, 4.69) is 0 Å². The molecule has 0 saturated carbocycles. The predicted molar refractivity (Wildman–Crippen MR) is 51.7 cm³/mol. The van der Waals surface area contributed by atoms with Gasteiger partial charge in [-0.3, -0.25) is 0 Å². The van der Waals surface area contributed by atoms with Crippen molar-refractivity contribution in [1.29, 1.82) is 0 Å². The van der Waals surface area contributed by atoms with Gasteiger partial charge >= 0.3 is 0 Å². The van der Waals surface area contributed by atoms with Crippen LogP contribution in [0.3, 0.4) is 0 Å². The molecule has 0 radical (unpaired) electrons. The molecule has 1 aromatic carbocycles. The normalized spacial score (nSPS) is 15.4. The van der Waals surface area contributed by atoms with Gasteiger partial charge in [0.1, 0.15) is 5.75 Å². The first-order valence-electron chi connectivity index (χ1n) is 3.95. The van der Waals surface area contributed by atoms with Crippen molar-refractivity contribution in [1.82, 2.24) is 0 Å². The number of benzene rings is 1. The Labute approximate surface area is 81.8 Å². The zero-order valence-corrected chi connectivity index (χ0v) is 7.99. The van der Waals surface area contributed by atoms with E-state index in [4.69, 9.17) is 17.3 Å². The fourth-order valence-corrected chi connectivity index (χ4v) is 1.24. The van der Waals surface area contributed by atoms with Crippen molar-refractivity contribution in [3.8, 4) is 5.75 Å². The van der Waals surface area contributed by atoms with Crippen molar-refractivity contribution in [2.24, 2.45) is 5.73 Å². The maximum absolute atomic E-state index is 9.49. The lowest BCUT2D eigenvalue weighted by Gasteiger charge is -2.16. The molecule has 0 aliphatic heterocycles. The summed E-state index contributed by atoms with van der Waals surface area (Å²) >= 11 is 5.68. The van der Waals surface area contributed by atoms with E-state index in [-0.39, 0.29) is 10.8 Å². The zero-order chi connectivity index (χ0) is 10.0. The number of phenolic OH excluding ortho intramolecular Hbond substituents is 1. The number of aromatic hydroxyl groups is 1. The van der Waals surface area contributed by atoms with E-state index >= 15 is 0 Å². The third-order valence-electron chi connectivity index (χ3n) is 1.90. The molecule has 0 bridgehead atoms. The van der Waals surface area contributed by atoms with Crippen molar-refractivity contribution in [2.45, 2.75) is 19.1 Å². The van der Waals surface area contributed by atoms with Gasteiger partial charge in [0.15, 0.2) is 0 Å². The van der Waals surface area contributed by atoms with Crippen molar-refractivity contribution >= 4 is 11.6 Å². The fraction of sp³-hybridized carbons (Fsp3) is 0.333. The molecule has 72 valence electrons. The minimum atomic E-state index is -0.718. The van der Waals surface area contributed by atoms with Crippen LogP contribution in [-0.4, -0.2) is 16.3 Å². The molecule has 0 aliphatic carbocycles. The maximum Gasteiger partial charge on any atom is 0.139 e. The Morgan fingerprint density at radius 2 is 2.08 bits per heavy atom. The molecule has 13 heavy (non-hydrogen) atoms. The Bertz CT molecular complexity index is 302. The van der Waals surface area contributed by atoms with Gasteiger partial charge < -0.3 is 15.9 Å². The summed E-state index contributed by atoms with van der Waals surface area (Å²) < 4.78 is 0. The highest BCUT2D eigenvalue weighted by Crippen LogP contribution is 2.31. The van der Waals surface area contributed by atoms with Crippen LogP contribution in [0.15, 0.2) is 18.2 Å². The Morgan fingerprint density at radius 3 is 2.62 bits per heavy atom. The average Bonchev–Trinajstić information content (AvgIpc) is 2.08. The highest BCUT2D eigenvalue weighted by atomic mass is 35.5. The minimum absolute atomic E-state index is 0.0578. The number of hydrogen-bond donors (Lipinski definition) is 3. The van der Waals surface area contributed by atoms with E-state index in [0.717, 1.165) is 0 Å². The van der Waals surface area contributed by atoms with E-state index in [1.807, 2.05) is 0 Å². The van der Waals surface area contributed by atoms with Gasteiger partial charge in [-0.15, -0.1) is 0 Å². The van der Waals surface area contributed by atoms with Crippen molar-refractivity contribution in [3.05, 3.63) is 28.8 Å². The fourth-order valence-electron chi connectivity index (χ4n) is 1.06. The summed E-state index contributed by atoms with van der Waals surface area (Å²) in [5.41, 5.74) is 6.10. The second-order valence-electron chi connectivity index (χ2n) is 2.94. The summed E-state index contributed by atoms with van der Waals surface area (Å²) in [6.45, 7) is 1.56. The molecule has 0 saturated heterocycles. The number of phenols is 1. The first-order chi connectivity index (χ1) is 6.04. The lowest BCUT2D eigenvalue weighted by Crippen LogP contribution is -2.23. The number of halogens is 1. The van der Waals surface area contributed by atoms with Crippen LogP contribution in [0.25, 0.3) is 0 Å². The van der Waals surface area contributed by atoms with Crippen LogP contribution in [0, 0.1) is 0 Å². The molecule has 0 aliphatic rings. The van der Waals surface area contributed by atoms with Gasteiger partial charge in [-0.05, 0) is 13.0 Å². The van der Waals surface area contributed by atoms with Crippen molar-refractivity contribution in [3.63, 3.8) is 0 Å². The van der Waals surface area contributed by atoms with E-state index in [1.54, 1.807) is 25.1 Å². The maximum atomic E-state index is 9.49. The molecule has 2 atom stereocenters. The van der Waals surface area contributed by atoms with Gasteiger partial charge in [-0.25, -0.2) is 0 Å². The second-order valence-corrected chi connectivity index (χ2v) is 3.35. The van der Waals surface area contributed by atoms with E-state index in [0.29, 0.717) is 5.56 Å². The first-order valence-corrected chi connectivity index (χ1v) is 4.33. The van der Waals surface area contributed by atoms with Crippen LogP contribution in [0.2, 0.25) is 5.02 Å². The molecule has 0 spiro atoms. The van der Waals surface area contributed by atoms with Crippen LogP contribution in [0.1, 0.15) is 18.5 Å². The minimum Gasteiger partial charge on any atom is -0.506 e. The van der Waals surface area contributed by atoms with E-state index in [9.17, 15) is 10.2 Å². The van der Waals surface area contributed by atoms with Crippen LogP contribution in [-0.2, 0) is 0 Å². The highest BCUT2D eigenvalue weighted by Gasteiger charge is 2.16. The number of hydrogen-bond acceptors (Lipinski definition) is 3. The summed E-state index contributed by atoms with van der Waals surface area (Å²) in [7, 11) is 0. The number of aliphatic hydroxyl groups is 1. The highest BCUT2D eigenvalue weighted by molar-refractivity contribution is 6.32. The van der Waals surface area contributed by atoms with E-state index in [1.165, 1.54) is 0 Å². The Morgan fingerprint density at radius 1 is 1.46 bits per heavy atom. The molecule has 0 aromatic heterocycles. The third kappa shape index (κ3) is 2.12. The van der Waals surface area contributed by atoms with Crippen molar-refractivity contribution in [2.75, 3.05) is 0 Å². The summed E-state index contributed by atoms with van der Waals surface area (Å²) in [4.78, 5) is 0. The topological polar surface area (TPSA) is 66.5 Å². The molecule has 0 fully saturated rings. The summed E-state index contributed by atoms with van der Waals surface area (Å²) in [5, 5.41) is 18.9. The Balaban J connectivity index is 3.07. The standard InChI is InChI=1S/C9H12ClNO2/c1-5(12)8(11)6-3-2-4-7(10)9(6)13/h2-5,8,12-13H,11H2,1H3/t5-,8-/m1/s1. The molecule has 0 unspecified atom stereocenters. The predicted octanol–water partition coefficient (Wildman–Crippen LogP) is 1.43. The number of aliphatic hydroxyl groups excluding tert-OH is 1. The smallest absolute Gasteiger partial charge is 0.139 e. The Kier molecular flexibility index (Phi) is 3.14. The molecule has 0 heterocycles. The SMILES string of the molecule is C[C@@H](O)[C@@H](N)c1cccc(Cl)c1O. The molecule has 4 heteroatoms. The van der Waals surface area contributed by atoms with Crippen molar-refractivity contribution < 1.29 is 10.2 Å². The number of para-hydroxylation sites is 1. The molecule has 1 aromatic rings. The number of rotatable bonds is 2. The molecule has 1 rings (SSSR count).